The van der Waals surface area contributed by atoms with Crippen molar-refractivity contribution in [3.63, 3.8) is 0 Å². The van der Waals surface area contributed by atoms with Gasteiger partial charge in [0.15, 0.2) is 0 Å². The average molecular weight is 315 g/mol. The monoisotopic (exact) mass is 315 g/mol. The minimum absolute atomic E-state index is 0.00404. The average Bonchev–Trinajstić information content (AvgIpc) is 2.95. The lowest BCUT2D eigenvalue weighted by atomic mass is 10.1. The Hall–Kier alpha value is -3.40. The van der Waals surface area contributed by atoms with E-state index in [9.17, 15) is 14.7 Å². The van der Waals surface area contributed by atoms with Gasteiger partial charge in [0.1, 0.15) is 0 Å². The zero-order valence-corrected chi connectivity index (χ0v) is 12.6. The van der Waals surface area contributed by atoms with Gasteiger partial charge in [0.05, 0.1) is 22.2 Å². The normalized spacial score (nSPS) is 11.0. The smallest absolute Gasteiger partial charge is 0.336 e. The molecule has 0 aliphatic carbocycles. The first-order valence-corrected chi connectivity index (χ1v) is 7.53. The van der Waals surface area contributed by atoms with Crippen molar-refractivity contribution in [1.82, 2.24) is 4.57 Å². The lowest BCUT2D eigenvalue weighted by Crippen LogP contribution is -2.16. The molecule has 116 valence electrons. The van der Waals surface area contributed by atoms with Crippen LogP contribution in [0.1, 0.15) is 20.7 Å². The Bertz CT molecular complexity index is 1050. The highest BCUT2D eigenvalue weighted by molar-refractivity contribution is 6.17. The van der Waals surface area contributed by atoms with Gasteiger partial charge in [-0.2, -0.15) is 0 Å². The highest BCUT2D eigenvalue weighted by atomic mass is 16.4. The molecule has 0 spiro atoms. The molecular formula is C20H13NO3. The Morgan fingerprint density at radius 1 is 0.667 bits per heavy atom. The molecule has 1 N–H and O–H groups in total. The molecule has 0 fully saturated rings. The van der Waals surface area contributed by atoms with E-state index in [0.717, 1.165) is 21.8 Å². The fraction of sp³-hybridized carbons (Fsp3) is 0. The number of carbonyl (C=O) groups is 2. The van der Waals surface area contributed by atoms with E-state index in [0.29, 0.717) is 0 Å². The topological polar surface area (TPSA) is 59.3 Å². The van der Waals surface area contributed by atoms with Gasteiger partial charge in [0, 0.05) is 10.8 Å². The minimum Gasteiger partial charge on any atom is -0.478 e. The molecule has 0 bridgehead atoms. The lowest BCUT2D eigenvalue weighted by Gasteiger charge is -2.08. The fourth-order valence-corrected chi connectivity index (χ4v) is 3.12. The van der Waals surface area contributed by atoms with Gasteiger partial charge in [-0.25, -0.2) is 4.79 Å². The number of aromatic nitrogens is 1. The zero-order chi connectivity index (χ0) is 16.7. The molecule has 0 atom stereocenters. The molecule has 0 saturated heterocycles. The molecule has 0 unspecified atom stereocenters. The van der Waals surface area contributed by atoms with E-state index in [1.165, 1.54) is 6.07 Å². The van der Waals surface area contributed by atoms with Crippen molar-refractivity contribution in [2.45, 2.75) is 0 Å². The molecule has 1 aromatic heterocycles. The number of nitrogens with zero attached hydrogens (tertiary/aromatic N) is 1. The minimum atomic E-state index is -1.11. The maximum atomic E-state index is 13.2. The molecule has 0 aliphatic rings. The summed E-state index contributed by atoms with van der Waals surface area (Å²) < 4.78 is 1.59. The Balaban J connectivity index is 2.06. The van der Waals surface area contributed by atoms with Gasteiger partial charge in [0.25, 0.3) is 5.91 Å². The van der Waals surface area contributed by atoms with Crippen LogP contribution in [-0.2, 0) is 0 Å². The van der Waals surface area contributed by atoms with E-state index in [4.69, 9.17) is 0 Å². The number of para-hydroxylation sites is 2. The third-order valence-corrected chi connectivity index (χ3v) is 4.17. The van der Waals surface area contributed by atoms with Crippen molar-refractivity contribution in [2.75, 3.05) is 0 Å². The number of hydrogen-bond donors (Lipinski definition) is 1. The Morgan fingerprint density at radius 3 is 1.67 bits per heavy atom. The van der Waals surface area contributed by atoms with Crippen LogP contribution in [0.15, 0.2) is 72.8 Å². The van der Waals surface area contributed by atoms with Crippen LogP contribution in [0.2, 0.25) is 0 Å². The highest BCUT2D eigenvalue weighted by Crippen LogP contribution is 2.29. The summed E-state index contributed by atoms with van der Waals surface area (Å²) in [7, 11) is 0. The van der Waals surface area contributed by atoms with Crippen molar-refractivity contribution in [2.24, 2.45) is 0 Å². The number of carboxylic acid groups (broad SMARTS) is 1. The molecule has 0 saturated carbocycles. The predicted molar refractivity (Wildman–Crippen MR) is 92.6 cm³/mol. The third kappa shape index (κ3) is 2.01. The summed E-state index contributed by atoms with van der Waals surface area (Å²) in [5, 5.41) is 11.3. The van der Waals surface area contributed by atoms with Gasteiger partial charge < -0.3 is 5.11 Å². The van der Waals surface area contributed by atoms with E-state index < -0.39 is 5.97 Å². The van der Waals surface area contributed by atoms with Gasteiger partial charge in [0.2, 0.25) is 0 Å². The summed E-state index contributed by atoms with van der Waals surface area (Å²) in [4.78, 5) is 24.6. The Morgan fingerprint density at radius 2 is 1.12 bits per heavy atom. The summed E-state index contributed by atoms with van der Waals surface area (Å²) in [5.74, 6) is -1.45. The second kappa shape index (κ2) is 5.35. The number of carboxylic acids is 1. The van der Waals surface area contributed by atoms with Gasteiger partial charge in [-0.15, -0.1) is 0 Å². The molecule has 4 aromatic rings. The maximum absolute atomic E-state index is 13.2. The molecular weight excluding hydrogens is 302 g/mol. The van der Waals surface area contributed by atoms with Gasteiger partial charge in [-0.1, -0.05) is 48.5 Å². The van der Waals surface area contributed by atoms with E-state index >= 15 is 0 Å². The number of carbonyl (C=O) groups excluding carboxylic acids is 1. The summed E-state index contributed by atoms with van der Waals surface area (Å²) in [5.41, 5.74) is 1.72. The van der Waals surface area contributed by atoms with Gasteiger partial charge in [-0.05, 0) is 24.3 Å². The second-order valence-electron chi connectivity index (χ2n) is 5.53. The third-order valence-electron chi connectivity index (χ3n) is 4.17. The SMILES string of the molecule is O=C(O)c1ccccc1C(=O)n1c2ccccc2c2ccccc21. The zero-order valence-electron chi connectivity index (χ0n) is 12.6. The summed E-state index contributed by atoms with van der Waals surface area (Å²) in [6.07, 6.45) is 0. The number of rotatable bonds is 2. The number of hydrogen-bond acceptors (Lipinski definition) is 2. The largest absolute Gasteiger partial charge is 0.478 e. The van der Waals surface area contributed by atoms with Gasteiger partial charge >= 0.3 is 5.97 Å². The van der Waals surface area contributed by atoms with Crippen LogP contribution in [0, 0.1) is 0 Å². The van der Waals surface area contributed by atoms with Crippen LogP contribution in [-0.4, -0.2) is 21.6 Å². The molecule has 4 rings (SSSR count). The standard InChI is InChI=1S/C20H13NO3/c22-19(15-9-1-2-10-16(15)20(23)24)21-17-11-5-3-7-13(17)14-8-4-6-12-18(14)21/h1-12H,(H,23,24). The number of benzene rings is 3. The quantitative estimate of drug-likeness (QED) is 0.603. The molecule has 0 aliphatic heterocycles. The van der Waals surface area contributed by atoms with Crippen molar-refractivity contribution in [3.8, 4) is 0 Å². The van der Waals surface area contributed by atoms with E-state index in [2.05, 4.69) is 0 Å². The second-order valence-corrected chi connectivity index (χ2v) is 5.53. The van der Waals surface area contributed by atoms with Crippen LogP contribution in [0.5, 0.6) is 0 Å². The number of aromatic carboxylic acids is 1. The molecule has 0 radical (unpaired) electrons. The van der Waals surface area contributed by atoms with E-state index in [1.807, 2.05) is 48.5 Å². The molecule has 0 amide bonds. The maximum Gasteiger partial charge on any atom is 0.336 e. The van der Waals surface area contributed by atoms with Crippen molar-refractivity contribution >= 4 is 33.7 Å². The number of fused-ring (bicyclic) bond motifs is 3. The van der Waals surface area contributed by atoms with Crippen LogP contribution in [0.3, 0.4) is 0 Å². The molecule has 3 aromatic carbocycles. The predicted octanol–water partition coefficient (Wildman–Crippen LogP) is 4.18. The Labute approximate surface area is 137 Å². The van der Waals surface area contributed by atoms with E-state index in [1.54, 1.807) is 22.8 Å². The summed E-state index contributed by atoms with van der Waals surface area (Å²) in [6.45, 7) is 0. The van der Waals surface area contributed by atoms with Crippen molar-refractivity contribution < 1.29 is 14.7 Å². The molecule has 4 nitrogen and oxygen atoms in total. The lowest BCUT2D eigenvalue weighted by molar-refractivity contribution is 0.0691. The summed E-state index contributed by atoms with van der Waals surface area (Å²) >= 11 is 0. The first kappa shape index (κ1) is 14.2. The molecule has 4 heteroatoms. The van der Waals surface area contributed by atoms with Crippen LogP contribution in [0.4, 0.5) is 0 Å². The molecule has 24 heavy (non-hydrogen) atoms. The fourth-order valence-electron chi connectivity index (χ4n) is 3.12. The van der Waals surface area contributed by atoms with Gasteiger partial charge in [-0.3, -0.25) is 9.36 Å². The Kier molecular flexibility index (Phi) is 3.17. The first-order valence-electron chi connectivity index (χ1n) is 7.53. The first-order chi connectivity index (χ1) is 11.7. The molecule has 1 heterocycles. The highest BCUT2D eigenvalue weighted by Gasteiger charge is 2.21. The summed E-state index contributed by atoms with van der Waals surface area (Å²) in [6, 6.07) is 21.5. The van der Waals surface area contributed by atoms with Crippen molar-refractivity contribution in [3.05, 3.63) is 83.9 Å². The van der Waals surface area contributed by atoms with Crippen LogP contribution >= 0.6 is 0 Å². The van der Waals surface area contributed by atoms with E-state index in [-0.39, 0.29) is 17.0 Å². The van der Waals surface area contributed by atoms with Crippen LogP contribution in [0.25, 0.3) is 21.8 Å². The van der Waals surface area contributed by atoms with Crippen molar-refractivity contribution in [1.29, 1.82) is 0 Å². The van der Waals surface area contributed by atoms with Crippen LogP contribution < -0.4 is 0 Å².